The summed E-state index contributed by atoms with van der Waals surface area (Å²) in [6, 6.07) is 25.3. The number of aliphatic hydroxyl groups is 1. The monoisotopic (exact) mass is 302 g/mol. The predicted octanol–water partition coefficient (Wildman–Crippen LogP) is 3.73. The molecular formula is C20H18N2O. The molecule has 0 aliphatic heterocycles. The molecule has 23 heavy (non-hydrogen) atoms. The van der Waals surface area contributed by atoms with E-state index in [2.05, 4.69) is 17.5 Å². The molecule has 0 saturated heterocycles. The standard InChI is InChI=1S/C20H18N2O/c21-13-19(22-20(14-23)16-7-2-1-3-8-16)18-11-10-15-6-4-5-9-17(15)12-18/h1-12,19-20,22-23H,14H2/t19?,20-/m1/s1. The van der Waals surface area contributed by atoms with Crippen LogP contribution in [0.4, 0.5) is 0 Å². The Morgan fingerprint density at radius 1 is 0.870 bits per heavy atom. The summed E-state index contributed by atoms with van der Waals surface area (Å²) >= 11 is 0. The van der Waals surface area contributed by atoms with Gasteiger partial charge in [0.1, 0.15) is 6.04 Å². The van der Waals surface area contributed by atoms with Crippen molar-refractivity contribution in [3.8, 4) is 6.07 Å². The molecule has 3 nitrogen and oxygen atoms in total. The lowest BCUT2D eigenvalue weighted by atomic mass is 10.0. The summed E-state index contributed by atoms with van der Waals surface area (Å²) in [6.07, 6.45) is 0. The van der Waals surface area contributed by atoms with Crippen molar-refractivity contribution < 1.29 is 5.11 Å². The van der Waals surface area contributed by atoms with E-state index in [-0.39, 0.29) is 12.6 Å². The van der Waals surface area contributed by atoms with Crippen molar-refractivity contribution in [3.05, 3.63) is 83.9 Å². The molecule has 0 saturated carbocycles. The van der Waals surface area contributed by atoms with Gasteiger partial charge in [0.15, 0.2) is 0 Å². The van der Waals surface area contributed by atoms with Gasteiger partial charge in [-0.25, -0.2) is 0 Å². The van der Waals surface area contributed by atoms with Gasteiger partial charge < -0.3 is 5.11 Å². The van der Waals surface area contributed by atoms with Gasteiger partial charge in [0.25, 0.3) is 0 Å². The third-order valence-electron chi connectivity index (χ3n) is 3.99. The number of nitriles is 1. The Morgan fingerprint density at radius 3 is 2.26 bits per heavy atom. The summed E-state index contributed by atoms with van der Waals surface area (Å²) in [7, 11) is 0. The third kappa shape index (κ3) is 3.40. The summed E-state index contributed by atoms with van der Waals surface area (Å²) < 4.78 is 0. The van der Waals surface area contributed by atoms with Gasteiger partial charge in [-0.05, 0) is 28.0 Å². The van der Waals surface area contributed by atoms with Crippen molar-refractivity contribution in [3.63, 3.8) is 0 Å². The Kier molecular flexibility index (Phi) is 4.68. The Labute approximate surface area is 135 Å². The number of hydrogen-bond donors (Lipinski definition) is 2. The fraction of sp³-hybridized carbons (Fsp3) is 0.150. The molecule has 0 aromatic heterocycles. The zero-order chi connectivity index (χ0) is 16.1. The summed E-state index contributed by atoms with van der Waals surface area (Å²) in [4.78, 5) is 0. The zero-order valence-corrected chi connectivity index (χ0v) is 12.7. The summed E-state index contributed by atoms with van der Waals surface area (Å²) in [5.41, 5.74) is 1.87. The average molecular weight is 302 g/mol. The molecule has 0 bridgehead atoms. The summed E-state index contributed by atoms with van der Waals surface area (Å²) in [5, 5.41) is 24.7. The highest BCUT2D eigenvalue weighted by Gasteiger charge is 2.17. The van der Waals surface area contributed by atoms with Crippen LogP contribution in [0, 0.1) is 11.3 Å². The van der Waals surface area contributed by atoms with E-state index in [1.165, 1.54) is 0 Å². The largest absolute Gasteiger partial charge is 0.394 e. The third-order valence-corrected chi connectivity index (χ3v) is 3.99. The normalized spacial score (nSPS) is 13.4. The van der Waals surface area contributed by atoms with Gasteiger partial charge in [0.2, 0.25) is 0 Å². The first-order valence-corrected chi connectivity index (χ1v) is 7.62. The first kappa shape index (κ1) is 15.2. The second-order valence-electron chi connectivity index (χ2n) is 5.48. The fourth-order valence-corrected chi connectivity index (χ4v) is 2.74. The topological polar surface area (TPSA) is 56.0 Å². The number of nitrogens with zero attached hydrogens (tertiary/aromatic N) is 1. The van der Waals surface area contributed by atoms with Crippen molar-refractivity contribution in [2.24, 2.45) is 0 Å². The minimum atomic E-state index is -0.475. The molecule has 0 heterocycles. The molecule has 3 heteroatoms. The van der Waals surface area contributed by atoms with Crippen LogP contribution in [0.25, 0.3) is 10.8 Å². The van der Waals surface area contributed by atoms with E-state index < -0.39 is 6.04 Å². The Balaban J connectivity index is 1.87. The number of rotatable bonds is 5. The maximum atomic E-state index is 9.67. The molecule has 0 aliphatic carbocycles. The number of hydrogen-bond acceptors (Lipinski definition) is 3. The number of aliphatic hydroxyl groups excluding tert-OH is 1. The highest BCUT2D eigenvalue weighted by Crippen LogP contribution is 2.23. The quantitative estimate of drug-likeness (QED) is 0.755. The van der Waals surface area contributed by atoms with Gasteiger partial charge in [0.05, 0.1) is 18.7 Å². The highest BCUT2D eigenvalue weighted by atomic mass is 16.3. The smallest absolute Gasteiger partial charge is 0.121 e. The minimum Gasteiger partial charge on any atom is -0.394 e. The molecule has 3 rings (SSSR count). The van der Waals surface area contributed by atoms with Crippen LogP contribution in [0.2, 0.25) is 0 Å². The molecule has 3 aromatic rings. The van der Waals surface area contributed by atoms with Crippen LogP contribution in [0.5, 0.6) is 0 Å². The van der Waals surface area contributed by atoms with Crippen LogP contribution < -0.4 is 5.32 Å². The van der Waals surface area contributed by atoms with Gasteiger partial charge >= 0.3 is 0 Å². The molecule has 114 valence electrons. The second-order valence-corrected chi connectivity index (χ2v) is 5.48. The van der Waals surface area contributed by atoms with E-state index >= 15 is 0 Å². The van der Waals surface area contributed by atoms with E-state index in [4.69, 9.17) is 0 Å². The highest BCUT2D eigenvalue weighted by molar-refractivity contribution is 5.83. The number of fused-ring (bicyclic) bond motifs is 1. The van der Waals surface area contributed by atoms with E-state index in [9.17, 15) is 10.4 Å². The van der Waals surface area contributed by atoms with Crippen LogP contribution >= 0.6 is 0 Å². The molecular weight excluding hydrogens is 284 g/mol. The van der Waals surface area contributed by atoms with Gasteiger partial charge in [-0.15, -0.1) is 0 Å². The lowest BCUT2D eigenvalue weighted by molar-refractivity contribution is 0.239. The van der Waals surface area contributed by atoms with E-state index in [1.54, 1.807) is 0 Å². The van der Waals surface area contributed by atoms with Gasteiger partial charge in [-0.3, -0.25) is 5.32 Å². The maximum absolute atomic E-state index is 9.67. The van der Waals surface area contributed by atoms with Crippen LogP contribution in [-0.2, 0) is 0 Å². The zero-order valence-electron chi connectivity index (χ0n) is 12.7. The summed E-state index contributed by atoms with van der Waals surface area (Å²) in [5.74, 6) is 0. The molecule has 2 atom stereocenters. The van der Waals surface area contributed by atoms with Crippen LogP contribution in [0.15, 0.2) is 72.8 Å². The SMILES string of the molecule is N#CC(N[C@H](CO)c1ccccc1)c1ccc2ccccc2c1. The Hall–Kier alpha value is -2.67. The fourth-order valence-electron chi connectivity index (χ4n) is 2.74. The minimum absolute atomic E-state index is 0.0597. The Morgan fingerprint density at radius 2 is 1.57 bits per heavy atom. The van der Waals surface area contributed by atoms with Crippen LogP contribution in [0.1, 0.15) is 23.2 Å². The van der Waals surface area contributed by atoms with Crippen molar-refractivity contribution in [1.29, 1.82) is 5.26 Å². The van der Waals surface area contributed by atoms with Crippen molar-refractivity contribution in [1.82, 2.24) is 5.32 Å². The molecule has 1 unspecified atom stereocenters. The van der Waals surface area contributed by atoms with E-state index in [1.807, 2.05) is 66.7 Å². The van der Waals surface area contributed by atoms with Gasteiger partial charge in [0, 0.05) is 0 Å². The van der Waals surface area contributed by atoms with Crippen molar-refractivity contribution in [2.45, 2.75) is 12.1 Å². The lowest BCUT2D eigenvalue weighted by Gasteiger charge is -2.21. The molecule has 3 aromatic carbocycles. The number of benzene rings is 3. The molecule has 0 aliphatic rings. The molecule has 0 spiro atoms. The van der Waals surface area contributed by atoms with Crippen LogP contribution in [-0.4, -0.2) is 11.7 Å². The first-order chi connectivity index (χ1) is 11.3. The van der Waals surface area contributed by atoms with E-state index in [0.29, 0.717) is 0 Å². The molecule has 0 amide bonds. The van der Waals surface area contributed by atoms with E-state index in [0.717, 1.165) is 21.9 Å². The lowest BCUT2D eigenvalue weighted by Crippen LogP contribution is -2.28. The Bertz CT molecular complexity index is 824. The molecule has 0 fully saturated rings. The van der Waals surface area contributed by atoms with Gasteiger partial charge in [-0.2, -0.15) is 5.26 Å². The predicted molar refractivity (Wildman–Crippen MR) is 91.7 cm³/mol. The molecule has 2 N–H and O–H groups in total. The van der Waals surface area contributed by atoms with Crippen LogP contribution in [0.3, 0.4) is 0 Å². The van der Waals surface area contributed by atoms with Gasteiger partial charge in [-0.1, -0.05) is 66.7 Å². The van der Waals surface area contributed by atoms with Crippen molar-refractivity contribution >= 4 is 10.8 Å². The first-order valence-electron chi connectivity index (χ1n) is 7.62. The maximum Gasteiger partial charge on any atom is 0.121 e. The summed E-state index contributed by atoms with van der Waals surface area (Å²) in [6.45, 7) is -0.0597. The number of nitrogens with one attached hydrogen (secondary N) is 1. The molecule has 0 radical (unpaired) electrons. The average Bonchev–Trinajstić information content (AvgIpc) is 2.63. The van der Waals surface area contributed by atoms with Crippen molar-refractivity contribution in [2.75, 3.05) is 6.61 Å². The second kappa shape index (κ2) is 7.06.